The number of benzene rings is 1. The summed E-state index contributed by atoms with van der Waals surface area (Å²) in [6.45, 7) is 0. The summed E-state index contributed by atoms with van der Waals surface area (Å²) in [5.41, 5.74) is 5.50. The number of nitrogens with two attached hydrogens (primary N) is 1. The van der Waals surface area contributed by atoms with Crippen LogP contribution in [0.25, 0.3) is 0 Å². The maximum absolute atomic E-state index is 12.9. The van der Waals surface area contributed by atoms with Crippen molar-refractivity contribution >= 4 is 28.3 Å². The van der Waals surface area contributed by atoms with Crippen LogP contribution in [0.1, 0.15) is 10.4 Å². The summed E-state index contributed by atoms with van der Waals surface area (Å²) in [6.07, 6.45) is 0. The van der Waals surface area contributed by atoms with Gasteiger partial charge in [-0.25, -0.2) is 4.39 Å². The Kier molecular flexibility index (Phi) is 2.73. The third kappa shape index (κ3) is 2.11. The number of carbonyl (C=O) groups excluding carboxylic acids is 1. The summed E-state index contributed by atoms with van der Waals surface area (Å²) in [5, 5.41) is 9.58. The fourth-order valence-electron chi connectivity index (χ4n) is 1.04. The zero-order chi connectivity index (χ0) is 11.5. The fourth-order valence-corrected chi connectivity index (χ4v) is 1.40. The van der Waals surface area contributed by atoms with E-state index in [1.54, 1.807) is 0 Å². The second kappa shape index (κ2) is 4.19. The van der Waals surface area contributed by atoms with Crippen molar-refractivity contribution in [3.8, 4) is 0 Å². The number of anilines is 2. The maximum Gasteiger partial charge on any atom is 0.257 e. The van der Waals surface area contributed by atoms with Crippen molar-refractivity contribution in [3.63, 3.8) is 0 Å². The highest BCUT2D eigenvalue weighted by Crippen LogP contribution is 2.14. The molecule has 0 atom stereocenters. The summed E-state index contributed by atoms with van der Waals surface area (Å²) in [6, 6.07) is 3.71. The quantitative estimate of drug-likeness (QED) is 0.759. The summed E-state index contributed by atoms with van der Waals surface area (Å²) < 4.78 is 16.3. The zero-order valence-corrected chi connectivity index (χ0v) is 8.66. The minimum atomic E-state index is -0.561. The number of nitrogens with zero attached hydrogens (tertiary/aromatic N) is 3. The van der Waals surface area contributed by atoms with Crippen LogP contribution in [-0.4, -0.2) is 20.7 Å². The molecule has 0 fully saturated rings. The maximum atomic E-state index is 12.9. The molecule has 1 aromatic carbocycles. The molecule has 2 aromatic rings. The Bertz CT molecular complexity index is 515. The van der Waals surface area contributed by atoms with Crippen LogP contribution in [-0.2, 0) is 0 Å². The lowest BCUT2D eigenvalue weighted by Gasteiger charge is -2.02. The van der Waals surface area contributed by atoms with Crippen LogP contribution < -0.4 is 11.1 Å². The van der Waals surface area contributed by atoms with E-state index in [0.29, 0.717) is 0 Å². The molecule has 16 heavy (non-hydrogen) atoms. The summed E-state index contributed by atoms with van der Waals surface area (Å²) >= 11 is 0.944. The van der Waals surface area contributed by atoms with E-state index in [9.17, 15) is 9.18 Å². The van der Waals surface area contributed by atoms with E-state index < -0.39 is 11.7 Å². The van der Waals surface area contributed by atoms with E-state index in [-0.39, 0.29) is 16.4 Å². The first kappa shape index (κ1) is 10.4. The molecule has 0 saturated carbocycles. The molecule has 0 aliphatic heterocycles. The first-order valence-electron chi connectivity index (χ1n) is 4.18. The van der Waals surface area contributed by atoms with Gasteiger partial charge in [-0.05, 0) is 23.4 Å². The molecule has 6 nitrogen and oxygen atoms in total. The predicted octanol–water partition coefficient (Wildman–Crippen LogP) is 0.907. The van der Waals surface area contributed by atoms with E-state index in [1.807, 2.05) is 0 Å². The molecule has 0 spiro atoms. The molecule has 1 heterocycles. The molecule has 1 aromatic heterocycles. The lowest BCUT2D eigenvalue weighted by Crippen LogP contribution is -2.12. The Morgan fingerprint density at radius 3 is 2.94 bits per heavy atom. The Labute approximate surface area is 93.4 Å². The molecule has 1 amide bonds. The Balaban J connectivity index is 2.18. The molecule has 2 rings (SSSR count). The van der Waals surface area contributed by atoms with Gasteiger partial charge in [0.15, 0.2) is 0 Å². The highest BCUT2D eigenvalue weighted by molar-refractivity contribution is 7.09. The minimum Gasteiger partial charge on any atom is -0.396 e. The van der Waals surface area contributed by atoms with Gasteiger partial charge in [0.1, 0.15) is 5.82 Å². The smallest absolute Gasteiger partial charge is 0.257 e. The molecule has 0 saturated heterocycles. The highest BCUT2D eigenvalue weighted by atomic mass is 32.1. The van der Waals surface area contributed by atoms with Gasteiger partial charge in [-0.2, -0.15) is 0 Å². The minimum absolute atomic E-state index is 0.0805. The standard InChI is InChI=1S/C8H6FN5OS/c9-5-2-1-4(3-6(5)10)7(15)11-8-12-13-14-16-8/h1-3H,10H2,(H,11,12,14,15). The molecule has 0 aliphatic rings. The number of nitrogen functional groups attached to an aromatic ring is 1. The van der Waals surface area contributed by atoms with Gasteiger partial charge in [-0.3, -0.25) is 10.1 Å². The van der Waals surface area contributed by atoms with Crippen LogP contribution in [0.2, 0.25) is 0 Å². The van der Waals surface area contributed by atoms with Crippen molar-refractivity contribution in [2.75, 3.05) is 11.1 Å². The van der Waals surface area contributed by atoms with Crippen LogP contribution in [0.3, 0.4) is 0 Å². The van der Waals surface area contributed by atoms with Crippen LogP contribution in [0.15, 0.2) is 18.2 Å². The van der Waals surface area contributed by atoms with E-state index in [2.05, 4.69) is 20.1 Å². The van der Waals surface area contributed by atoms with Gasteiger partial charge >= 0.3 is 0 Å². The van der Waals surface area contributed by atoms with Gasteiger partial charge in [0.25, 0.3) is 5.91 Å². The second-order valence-electron chi connectivity index (χ2n) is 2.86. The number of aromatic nitrogens is 3. The summed E-state index contributed by atoms with van der Waals surface area (Å²) in [5.74, 6) is -1.00. The Hall–Kier alpha value is -2.09. The largest absolute Gasteiger partial charge is 0.396 e. The Morgan fingerprint density at radius 1 is 1.50 bits per heavy atom. The van der Waals surface area contributed by atoms with E-state index in [1.165, 1.54) is 12.1 Å². The predicted molar refractivity (Wildman–Crippen MR) is 56.5 cm³/mol. The first-order chi connectivity index (χ1) is 7.66. The zero-order valence-electron chi connectivity index (χ0n) is 7.85. The molecule has 82 valence electrons. The molecule has 0 bridgehead atoms. The second-order valence-corrected chi connectivity index (χ2v) is 3.59. The molecule has 0 unspecified atom stereocenters. The average molecular weight is 239 g/mol. The highest BCUT2D eigenvalue weighted by Gasteiger charge is 2.10. The fraction of sp³-hybridized carbons (Fsp3) is 0. The average Bonchev–Trinajstić information content (AvgIpc) is 2.74. The molecular formula is C8H6FN5OS. The lowest BCUT2D eigenvalue weighted by atomic mass is 10.2. The number of amides is 1. The molecular weight excluding hydrogens is 233 g/mol. The van der Waals surface area contributed by atoms with E-state index in [0.717, 1.165) is 17.6 Å². The molecule has 0 aliphatic carbocycles. The molecule has 0 radical (unpaired) electrons. The van der Waals surface area contributed by atoms with Crippen molar-refractivity contribution in [2.24, 2.45) is 0 Å². The van der Waals surface area contributed by atoms with Crippen molar-refractivity contribution in [2.45, 2.75) is 0 Å². The lowest BCUT2D eigenvalue weighted by molar-refractivity contribution is 0.102. The number of hydrogen-bond donors (Lipinski definition) is 2. The van der Waals surface area contributed by atoms with Gasteiger partial charge in [0.05, 0.1) is 5.69 Å². The van der Waals surface area contributed by atoms with Gasteiger partial charge in [-0.1, -0.05) is 9.59 Å². The van der Waals surface area contributed by atoms with Crippen LogP contribution in [0.5, 0.6) is 0 Å². The number of nitrogens with one attached hydrogen (secondary N) is 1. The van der Waals surface area contributed by atoms with Crippen molar-refractivity contribution in [3.05, 3.63) is 29.6 Å². The van der Waals surface area contributed by atoms with Crippen LogP contribution in [0, 0.1) is 5.82 Å². The SMILES string of the molecule is Nc1cc(C(=O)Nc2nnns2)ccc1F. The summed E-state index contributed by atoms with van der Waals surface area (Å²) in [7, 11) is 0. The number of rotatable bonds is 2. The summed E-state index contributed by atoms with van der Waals surface area (Å²) in [4.78, 5) is 11.6. The number of hydrogen-bond acceptors (Lipinski definition) is 6. The molecule has 8 heteroatoms. The number of halogens is 1. The normalized spacial score (nSPS) is 10.1. The van der Waals surface area contributed by atoms with Crippen molar-refractivity contribution in [1.82, 2.24) is 14.8 Å². The first-order valence-corrected chi connectivity index (χ1v) is 4.95. The van der Waals surface area contributed by atoms with Crippen LogP contribution >= 0.6 is 11.5 Å². The topological polar surface area (TPSA) is 93.8 Å². The van der Waals surface area contributed by atoms with E-state index in [4.69, 9.17) is 5.73 Å². The van der Waals surface area contributed by atoms with Gasteiger partial charge < -0.3 is 5.73 Å². The molecule has 3 N–H and O–H groups in total. The third-order valence-corrected chi connectivity index (χ3v) is 2.29. The third-order valence-electron chi connectivity index (χ3n) is 1.78. The monoisotopic (exact) mass is 239 g/mol. The van der Waals surface area contributed by atoms with Gasteiger partial charge in [-0.15, -0.1) is 0 Å². The van der Waals surface area contributed by atoms with Crippen molar-refractivity contribution in [1.29, 1.82) is 0 Å². The van der Waals surface area contributed by atoms with E-state index >= 15 is 0 Å². The van der Waals surface area contributed by atoms with Gasteiger partial charge in [0, 0.05) is 17.1 Å². The Morgan fingerprint density at radius 2 is 2.31 bits per heavy atom. The number of carbonyl (C=O) groups is 1. The van der Waals surface area contributed by atoms with Crippen LogP contribution in [0.4, 0.5) is 15.2 Å². The van der Waals surface area contributed by atoms with Gasteiger partial charge in [0.2, 0.25) is 5.13 Å². The van der Waals surface area contributed by atoms with Crippen molar-refractivity contribution < 1.29 is 9.18 Å².